The van der Waals surface area contributed by atoms with Crippen LogP contribution in [0.3, 0.4) is 0 Å². The molecule has 0 aliphatic carbocycles. The van der Waals surface area contributed by atoms with Crippen molar-refractivity contribution in [3.63, 3.8) is 0 Å². The summed E-state index contributed by atoms with van der Waals surface area (Å²) in [6.07, 6.45) is -0.184. The second kappa shape index (κ2) is 8.24. The Balaban J connectivity index is 0.00000208. The summed E-state index contributed by atoms with van der Waals surface area (Å²) in [6, 6.07) is 13.4. The first kappa shape index (κ1) is 18.4. The topological polar surface area (TPSA) is 61.4 Å². The molecule has 0 saturated carbocycles. The Morgan fingerprint density at radius 3 is 2.75 bits per heavy atom. The van der Waals surface area contributed by atoms with E-state index in [9.17, 15) is 14.3 Å². The van der Waals surface area contributed by atoms with E-state index in [1.165, 1.54) is 12.1 Å². The van der Waals surface area contributed by atoms with Gasteiger partial charge < -0.3 is 15.7 Å². The van der Waals surface area contributed by atoms with Crippen LogP contribution < -0.4 is 10.6 Å². The summed E-state index contributed by atoms with van der Waals surface area (Å²) in [7, 11) is 0. The van der Waals surface area contributed by atoms with Gasteiger partial charge >= 0.3 is 0 Å². The van der Waals surface area contributed by atoms with Crippen LogP contribution in [0.4, 0.5) is 4.39 Å². The third-order valence-corrected chi connectivity index (χ3v) is 4.10. The van der Waals surface area contributed by atoms with Crippen molar-refractivity contribution in [3.05, 3.63) is 71.0 Å². The fraction of sp³-hybridized carbons (Fsp3) is 0.278. The minimum atomic E-state index is -1.07. The fourth-order valence-corrected chi connectivity index (χ4v) is 2.89. The second-order valence-electron chi connectivity index (χ2n) is 5.62. The molecule has 0 fully saturated rings. The number of nitrogens with one attached hydrogen (secondary N) is 2. The van der Waals surface area contributed by atoms with Gasteiger partial charge in [0.15, 0.2) is 0 Å². The minimum absolute atomic E-state index is 0. The van der Waals surface area contributed by atoms with Gasteiger partial charge in [0.2, 0.25) is 5.91 Å². The van der Waals surface area contributed by atoms with E-state index in [1.807, 2.05) is 24.3 Å². The number of carbonyl (C=O) groups excluding carboxylic acids is 1. The van der Waals surface area contributed by atoms with E-state index in [-0.39, 0.29) is 30.4 Å². The Morgan fingerprint density at radius 1 is 1.25 bits per heavy atom. The van der Waals surface area contributed by atoms with Crippen LogP contribution in [0.15, 0.2) is 48.5 Å². The summed E-state index contributed by atoms with van der Waals surface area (Å²) in [5, 5.41) is 16.0. The van der Waals surface area contributed by atoms with Crippen molar-refractivity contribution in [2.75, 3.05) is 13.1 Å². The standard InChI is InChI=1S/C18H19FN2O2.ClH/c19-15-8-4-3-7-14(15)16(22)11-21-18(23)17-13-6-2-1-5-12(13)9-10-20-17;/h1-8,16-17,20,22H,9-11H2,(H,21,23);1H. The largest absolute Gasteiger partial charge is 0.386 e. The number of aliphatic hydroxyl groups excluding tert-OH is 1. The van der Waals surface area contributed by atoms with E-state index in [1.54, 1.807) is 12.1 Å². The quantitative estimate of drug-likeness (QED) is 0.793. The van der Waals surface area contributed by atoms with Gasteiger partial charge in [-0.15, -0.1) is 12.4 Å². The average molecular weight is 351 g/mol. The van der Waals surface area contributed by atoms with Gasteiger partial charge in [0.1, 0.15) is 11.9 Å². The molecule has 2 atom stereocenters. The van der Waals surface area contributed by atoms with E-state index in [2.05, 4.69) is 10.6 Å². The van der Waals surface area contributed by atoms with Crippen molar-refractivity contribution in [1.29, 1.82) is 0 Å². The summed E-state index contributed by atoms with van der Waals surface area (Å²) in [5.41, 5.74) is 2.29. The number of rotatable bonds is 4. The molecule has 3 rings (SSSR count). The monoisotopic (exact) mass is 350 g/mol. The zero-order valence-electron chi connectivity index (χ0n) is 13.0. The number of aliphatic hydroxyl groups is 1. The van der Waals surface area contributed by atoms with Gasteiger partial charge in [-0.2, -0.15) is 0 Å². The Morgan fingerprint density at radius 2 is 1.96 bits per heavy atom. The number of carbonyl (C=O) groups is 1. The molecule has 4 nitrogen and oxygen atoms in total. The summed E-state index contributed by atoms with van der Waals surface area (Å²) in [4.78, 5) is 12.4. The van der Waals surface area contributed by atoms with Crippen LogP contribution in [-0.2, 0) is 11.2 Å². The van der Waals surface area contributed by atoms with Gasteiger partial charge in [-0.3, -0.25) is 4.79 Å². The van der Waals surface area contributed by atoms with Crippen molar-refractivity contribution in [2.45, 2.75) is 18.6 Å². The predicted molar refractivity (Wildman–Crippen MR) is 92.5 cm³/mol. The van der Waals surface area contributed by atoms with E-state index in [4.69, 9.17) is 0 Å². The molecule has 6 heteroatoms. The first-order valence-corrected chi connectivity index (χ1v) is 7.68. The van der Waals surface area contributed by atoms with E-state index in [0.717, 1.165) is 24.1 Å². The van der Waals surface area contributed by atoms with Crippen molar-refractivity contribution in [2.24, 2.45) is 0 Å². The molecule has 2 aromatic rings. The van der Waals surface area contributed by atoms with E-state index >= 15 is 0 Å². The zero-order chi connectivity index (χ0) is 16.2. The lowest BCUT2D eigenvalue weighted by atomic mass is 9.94. The van der Waals surface area contributed by atoms with Crippen LogP contribution in [0.1, 0.15) is 28.8 Å². The van der Waals surface area contributed by atoms with Gasteiger partial charge in [0, 0.05) is 18.7 Å². The molecule has 1 heterocycles. The highest BCUT2D eigenvalue weighted by molar-refractivity contribution is 5.85. The first-order valence-electron chi connectivity index (χ1n) is 7.68. The lowest BCUT2D eigenvalue weighted by molar-refractivity contribution is -0.123. The molecule has 2 aromatic carbocycles. The fourth-order valence-electron chi connectivity index (χ4n) is 2.89. The Hall–Kier alpha value is -1.95. The summed E-state index contributed by atoms with van der Waals surface area (Å²) in [5.74, 6) is -0.692. The average Bonchev–Trinajstić information content (AvgIpc) is 2.59. The molecule has 2 unspecified atom stereocenters. The second-order valence-corrected chi connectivity index (χ2v) is 5.62. The SMILES string of the molecule is Cl.O=C(NCC(O)c1ccccc1F)C1NCCc2ccccc21. The van der Waals surface area contributed by atoms with Crippen LogP contribution in [0.2, 0.25) is 0 Å². The molecular weight excluding hydrogens is 331 g/mol. The van der Waals surface area contributed by atoms with Crippen molar-refractivity contribution >= 4 is 18.3 Å². The number of amides is 1. The zero-order valence-corrected chi connectivity index (χ0v) is 13.9. The molecule has 1 amide bonds. The van der Waals surface area contributed by atoms with E-state index in [0.29, 0.717) is 0 Å². The highest BCUT2D eigenvalue weighted by Crippen LogP contribution is 2.23. The van der Waals surface area contributed by atoms with Crippen molar-refractivity contribution in [3.8, 4) is 0 Å². The van der Waals surface area contributed by atoms with Crippen molar-refractivity contribution < 1.29 is 14.3 Å². The van der Waals surface area contributed by atoms with Gasteiger partial charge in [-0.1, -0.05) is 42.5 Å². The molecule has 3 N–H and O–H groups in total. The number of benzene rings is 2. The summed E-state index contributed by atoms with van der Waals surface area (Å²) >= 11 is 0. The van der Waals surface area contributed by atoms with E-state index < -0.39 is 18.0 Å². The maximum atomic E-state index is 13.6. The van der Waals surface area contributed by atoms with Gasteiger partial charge in [-0.25, -0.2) is 4.39 Å². The molecule has 0 spiro atoms. The molecule has 0 radical (unpaired) electrons. The van der Waals surface area contributed by atoms with Crippen LogP contribution in [-0.4, -0.2) is 24.1 Å². The molecule has 0 saturated heterocycles. The third kappa shape index (κ3) is 3.93. The molecule has 1 aliphatic rings. The number of hydrogen-bond donors (Lipinski definition) is 3. The predicted octanol–water partition coefficient (Wildman–Crippen LogP) is 2.28. The minimum Gasteiger partial charge on any atom is -0.386 e. The lowest BCUT2D eigenvalue weighted by Gasteiger charge is -2.26. The summed E-state index contributed by atoms with van der Waals surface area (Å²) < 4.78 is 13.6. The Kier molecular flexibility index (Phi) is 6.31. The smallest absolute Gasteiger partial charge is 0.241 e. The normalized spacial score (nSPS) is 17.3. The van der Waals surface area contributed by atoms with Crippen molar-refractivity contribution in [1.82, 2.24) is 10.6 Å². The van der Waals surface area contributed by atoms with Gasteiger partial charge in [-0.05, 0) is 23.6 Å². The Bertz CT molecular complexity index is 711. The van der Waals surface area contributed by atoms with Crippen LogP contribution in [0, 0.1) is 5.82 Å². The molecule has 1 aliphatic heterocycles. The third-order valence-electron chi connectivity index (χ3n) is 4.10. The van der Waals surface area contributed by atoms with Gasteiger partial charge in [0.05, 0.1) is 6.10 Å². The molecule has 128 valence electrons. The Labute approximate surface area is 146 Å². The maximum absolute atomic E-state index is 13.6. The number of hydrogen-bond acceptors (Lipinski definition) is 3. The summed E-state index contributed by atoms with van der Waals surface area (Å²) in [6.45, 7) is 0.699. The highest BCUT2D eigenvalue weighted by atomic mass is 35.5. The molecule has 24 heavy (non-hydrogen) atoms. The maximum Gasteiger partial charge on any atom is 0.241 e. The number of fused-ring (bicyclic) bond motifs is 1. The first-order chi connectivity index (χ1) is 11.2. The van der Waals surface area contributed by atoms with Crippen LogP contribution in [0.25, 0.3) is 0 Å². The number of halogens is 2. The molecule has 0 bridgehead atoms. The van der Waals surface area contributed by atoms with Crippen LogP contribution >= 0.6 is 12.4 Å². The van der Waals surface area contributed by atoms with Gasteiger partial charge in [0.25, 0.3) is 0 Å². The molecular formula is C18H20ClFN2O2. The molecule has 0 aromatic heterocycles. The van der Waals surface area contributed by atoms with Crippen LogP contribution in [0.5, 0.6) is 0 Å². The highest BCUT2D eigenvalue weighted by Gasteiger charge is 2.26. The lowest BCUT2D eigenvalue weighted by Crippen LogP contribution is -2.42.